The van der Waals surface area contributed by atoms with E-state index in [0.717, 1.165) is 57.8 Å². The van der Waals surface area contributed by atoms with Gasteiger partial charge in [0.2, 0.25) is 5.91 Å². The highest BCUT2D eigenvalue weighted by molar-refractivity contribution is 5.80. The highest BCUT2D eigenvalue weighted by Gasteiger charge is 2.47. The van der Waals surface area contributed by atoms with Gasteiger partial charge < -0.3 is 45.1 Å². The largest absolute Gasteiger partial charge is 0.454 e. The van der Waals surface area contributed by atoms with E-state index in [1.165, 1.54) is 173 Å². The average molecular weight is 968 g/mol. The molecular formula is C57H109NO10. The van der Waals surface area contributed by atoms with E-state index < -0.39 is 67.4 Å². The summed E-state index contributed by atoms with van der Waals surface area (Å²) < 4.78 is 17.6. The summed E-state index contributed by atoms with van der Waals surface area (Å²) in [5.74, 6) is -1.18. The molecule has 1 rings (SSSR count). The van der Waals surface area contributed by atoms with Gasteiger partial charge in [-0.3, -0.25) is 9.59 Å². The summed E-state index contributed by atoms with van der Waals surface area (Å²) in [6, 6.07) is -1.01. The number of esters is 1. The number of carbonyl (C=O) groups is 2. The lowest BCUT2D eigenvalue weighted by Crippen LogP contribution is -2.61. The molecule has 0 aliphatic carbocycles. The number of amides is 1. The smallest absolute Gasteiger partial charge is 0.306 e. The first-order chi connectivity index (χ1) is 33.2. The number of ether oxygens (including phenoxy) is 3. The van der Waals surface area contributed by atoms with E-state index in [-0.39, 0.29) is 13.0 Å². The number of unbranched alkanes of at least 4 members (excludes halogenated alkanes) is 35. The Labute approximate surface area is 417 Å². The number of hydrogen-bond acceptors (Lipinski definition) is 10. The summed E-state index contributed by atoms with van der Waals surface area (Å²) in [7, 11) is 0. The van der Waals surface area contributed by atoms with E-state index in [2.05, 4.69) is 26.1 Å². The molecule has 1 fully saturated rings. The van der Waals surface area contributed by atoms with Crippen LogP contribution in [-0.4, -0.2) is 99.6 Å². The molecule has 8 atom stereocenters. The Balaban J connectivity index is 2.72. The van der Waals surface area contributed by atoms with E-state index in [1.807, 2.05) is 6.08 Å². The van der Waals surface area contributed by atoms with Crippen molar-refractivity contribution in [2.24, 2.45) is 0 Å². The fraction of sp³-hybridized carbons (Fsp3) is 0.930. The first-order valence-corrected chi connectivity index (χ1v) is 29.0. The monoisotopic (exact) mass is 968 g/mol. The van der Waals surface area contributed by atoms with E-state index >= 15 is 0 Å². The van der Waals surface area contributed by atoms with Crippen molar-refractivity contribution in [3.05, 3.63) is 12.2 Å². The Morgan fingerprint density at radius 3 is 1.38 bits per heavy atom. The van der Waals surface area contributed by atoms with Crippen LogP contribution in [0.3, 0.4) is 0 Å². The van der Waals surface area contributed by atoms with Gasteiger partial charge in [-0.2, -0.15) is 0 Å². The van der Waals surface area contributed by atoms with Gasteiger partial charge in [0.1, 0.15) is 24.4 Å². The molecule has 0 bridgehead atoms. The minimum atomic E-state index is -1.60. The summed E-state index contributed by atoms with van der Waals surface area (Å²) in [4.78, 5) is 26.4. The predicted molar refractivity (Wildman–Crippen MR) is 278 cm³/mol. The second-order valence-electron chi connectivity index (χ2n) is 20.4. The maximum absolute atomic E-state index is 13.3. The number of hydrogen-bond donors (Lipinski definition) is 6. The van der Waals surface area contributed by atoms with E-state index in [4.69, 9.17) is 14.2 Å². The second kappa shape index (κ2) is 46.5. The fourth-order valence-corrected chi connectivity index (χ4v) is 9.30. The van der Waals surface area contributed by atoms with E-state index in [1.54, 1.807) is 6.08 Å². The molecule has 8 unspecified atom stereocenters. The summed E-state index contributed by atoms with van der Waals surface area (Å²) in [6.07, 6.45) is 39.7. The summed E-state index contributed by atoms with van der Waals surface area (Å²) in [6.45, 7) is 5.79. The molecule has 6 N–H and O–H groups in total. The molecule has 1 aliphatic heterocycles. The van der Waals surface area contributed by atoms with Crippen molar-refractivity contribution in [2.45, 2.75) is 327 Å². The molecule has 0 aromatic carbocycles. The van der Waals surface area contributed by atoms with Gasteiger partial charge in [-0.1, -0.05) is 258 Å². The molecule has 1 aliphatic rings. The molecule has 0 aromatic rings. The van der Waals surface area contributed by atoms with Gasteiger partial charge in [0, 0.05) is 6.42 Å². The number of aliphatic hydroxyl groups is 5. The highest BCUT2D eigenvalue weighted by atomic mass is 16.7. The van der Waals surface area contributed by atoms with Crippen molar-refractivity contribution < 1.29 is 49.3 Å². The van der Waals surface area contributed by atoms with Crippen LogP contribution >= 0.6 is 0 Å². The molecule has 68 heavy (non-hydrogen) atoms. The zero-order chi connectivity index (χ0) is 49.7. The predicted octanol–water partition coefficient (Wildman–Crippen LogP) is 12.8. The lowest BCUT2D eigenvalue weighted by molar-refractivity contribution is -0.305. The van der Waals surface area contributed by atoms with Crippen LogP contribution in [0.15, 0.2) is 12.2 Å². The van der Waals surface area contributed by atoms with E-state index in [0.29, 0.717) is 19.3 Å². The molecular weight excluding hydrogens is 859 g/mol. The van der Waals surface area contributed by atoms with Crippen LogP contribution in [0, 0.1) is 0 Å². The topological polar surface area (TPSA) is 175 Å². The minimum Gasteiger partial charge on any atom is -0.454 e. The molecule has 0 radical (unpaired) electrons. The maximum atomic E-state index is 13.3. The van der Waals surface area contributed by atoms with Gasteiger partial charge in [-0.25, -0.2) is 0 Å². The number of rotatable bonds is 49. The third kappa shape index (κ3) is 34.7. The maximum Gasteiger partial charge on any atom is 0.306 e. The Bertz CT molecular complexity index is 1160. The second-order valence-corrected chi connectivity index (χ2v) is 20.4. The van der Waals surface area contributed by atoms with Crippen LogP contribution in [0.25, 0.3) is 0 Å². The Morgan fingerprint density at radius 1 is 0.559 bits per heavy atom. The summed E-state index contributed by atoms with van der Waals surface area (Å²) >= 11 is 0. The first kappa shape index (κ1) is 64.4. The SMILES string of the molecule is CCCCCCCCCCCC/C=C/C(O)C(COC1OC(CO)C(O)C(O)C1OC(=O)CCCCCCCCCCCCCCCCC)NC(=O)C(O)CCCCCCCCCCCCCC. The molecule has 0 saturated carbocycles. The van der Waals surface area contributed by atoms with Crippen LogP contribution in [0.1, 0.15) is 278 Å². The first-order valence-electron chi connectivity index (χ1n) is 29.0. The van der Waals surface area contributed by atoms with Gasteiger partial charge >= 0.3 is 5.97 Å². The zero-order valence-electron chi connectivity index (χ0n) is 44.2. The van der Waals surface area contributed by atoms with Crippen molar-refractivity contribution in [3.63, 3.8) is 0 Å². The Morgan fingerprint density at radius 2 is 0.956 bits per heavy atom. The van der Waals surface area contributed by atoms with Crippen molar-refractivity contribution in [1.29, 1.82) is 0 Å². The molecule has 11 heteroatoms. The molecule has 402 valence electrons. The fourth-order valence-electron chi connectivity index (χ4n) is 9.30. The molecule has 1 saturated heterocycles. The Hall–Kier alpha value is -1.60. The number of nitrogens with one attached hydrogen (secondary N) is 1. The number of aliphatic hydroxyl groups excluding tert-OH is 5. The lowest BCUT2D eigenvalue weighted by Gasteiger charge is -2.41. The van der Waals surface area contributed by atoms with Crippen LogP contribution in [0.5, 0.6) is 0 Å². The van der Waals surface area contributed by atoms with Crippen LogP contribution in [0.2, 0.25) is 0 Å². The number of carbonyl (C=O) groups excluding carboxylic acids is 2. The molecule has 1 amide bonds. The average Bonchev–Trinajstić information content (AvgIpc) is 3.33. The molecule has 0 aromatic heterocycles. The van der Waals surface area contributed by atoms with Crippen molar-refractivity contribution in [1.82, 2.24) is 5.32 Å². The van der Waals surface area contributed by atoms with Gasteiger partial charge in [-0.05, 0) is 25.7 Å². The van der Waals surface area contributed by atoms with Crippen LogP contribution < -0.4 is 5.32 Å². The molecule has 0 spiro atoms. The Kier molecular flexibility index (Phi) is 44.0. The van der Waals surface area contributed by atoms with E-state index in [9.17, 15) is 35.1 Å². The van der Waals surface area contributed by atoms with Crippen LogP contribution in [0.4, 0.5) is 0 Å². The van der Waals surface area contributed by atoms with Crippen molar-refractivity contribution in [2.75, 3.05) is 13.2 Å². The third-order valence-electron chi connectivity index (χ3n) is 13.9. The minimum absolute atomic E-state index is 0.131. The quantitative estimate of drug-likeness (QED) is 0.0196. The van der Waals surface area contributed by atoms with Gasteiger partial charge in [0.05, 0.1) is 25.4 Å². The molecule has 1 heterocycles. The van der Waals surface area contributed by atoms with Gasteiger partial charge in [-0.15, -0.1) is 0 Å². The zero-order valence-corrected chi connectivity index (χ0v) is 44.2. The molecule has 11 nitrogen and oxygen atoms in total. The lowest BCUT2D eigenvalue weighted by atomic mass is 9.99. The van der Waals surface area contributed by atoms with Gasteiger partial charge in [0.15, 0.2) is 12.4 Å². The van der Waals surface area contributed by atoms with Crippen molar-refractivity contribution >= 4 is 11.9 Å². The summed E-state index contributed by atoms with van der Waals surface area (Å²) in [5, 5.41) is 56.8. The highest BCUT2D eigenvalue weighted by Crippen LogP contribution is 2.26. The standard InChI is InChI=1S/C57H109NO10/c1-4-7-10-13-16-19-22-25-26-27-30-33-36-39-42-45-52(62)68-55-54(64)53(63)51(46-59)67-57(55)66-47-48(49(60)43-40-37-34-31-28-23-20-17-14-11-8-5-2)58-56(65)50(61)44-41-38-35-32-29-24-21-18-15-12-9-6-3/h40,43,48-51,53-55,57,59-61,63-64H,4-39,41-42,44-47H2,1-3H3,(H,58,65)/b43-40+. The third-order valence-corrected chi connectivity index (χ3v) is 13.9. The normalized spacial score (nSPS) is 19.9. The number of allylic oxidation sites excluding steroid dienone is 1. The summed E-state index contributed by atoms with van der Waals surface area (Å²) in [5.41, 5.74) is 0. The van der Waals surface area contributed by atoms with Crippen molar-refractivity contribution in [3.8, 4) is 0 Å². The van der Waals surface area contributed by atoms with Gasteiger partial charge in [0.25, 0.3) is 0 Å². The van der Waals surface area contributed by atoms with Crippen LogP contribution in [-0.2, 0) is 23.8 Å².